The van der Waals surface area contributed by atoms with Gasteiger partial charge in [-0.05, 0) is 23.6 Å². The highest BCUT2D eigenvalue weighted by Crippen LogP contribution is 2.21. The molecular weight excluding hydrogens is 322 g/mol. The lowest BCUT2D eigenvalue weighted by molar-refractivity contribution is 0.101. The number of hydrogen-bond acceptors (Lipinski definition) is 5. The molecule has 0 radical (unpaired) electrons. The summed E-state index contributed by atoms with van der Waals surface area (Å²) >= 11 is 1.29. The molecule has 2 heterocycles. The van der Waals surface area contributed by atoms with Crippen molar-refractivity contribution in [2.75, 3.05) is 11.6 Å². The van der Waals surface area contributed by atoms with E-state index in [4.69, 9.17) is 5.84 Å². The smallest absolute Gasteiger partial charge is 0.210 e. The summed E-state index contributed by atoms with van der Waals surface area (Å²) in [6.45, 7) is 2.13. The third-order valence-corrected chi connectivity index (χ3v) is 4.77. The molecule has 0 saturated carbocycles. The van der Waals surface area contributed by atoms with Crippen molar-refractivity contribution in [2.45, 2.75) is 24.4 Å². The lowest BCUT2D eigenvalue weighted by Gasteiger charge is -2.11. The molecule has 0 aliphatic heterocycles. The first kappa shape index (κ1) is 16.3. The molecule has 7 heteroatoms. The van der Waals surface area contributed by atoms with Gasteiger partial charge in [-0.3, -0.25) is 4.79 Å². The fourth-order valence-electron chi connectivity index (χ4n) is 2.43. The van der Waals surface area contributed by atoms with Crippen LogP contribution in [-0.2, 0) is 6.42 Å². The van der Waals surface area contributed by atoms with Gasteiger partial charge in [0.15, 0.2) is 11.6 Å². The molecule has 3 aromatic rings. The highest BCUT2D eigenvalue weighted by Gasteiger charge is 2.16. The molecule has 3 rings (SSSR count). The molecule has 24 heavy (non-hydrogen) atoms. The number of nitrogens with two attached hydrogens (primary N) is 1. The van der Waals surface area contributed by atoms with Crippen molar-refractivity contribution in [2.24, 2.45) is 0 Å². The fraction of sp³-hybridized carbons (Fsp3) is 0.235. The number of nitrogen functional groups attached to an aromatic ring is 1. The lowest BCUT2D eigenvalue weighted by Crippen LogP contribution is -2.16. The molecule has 6 nitrogen and oxygen atoms in total. The van der Waals surface area contributed by atoms with Crippen LogP contribution >= 0.6 is 11.8 Å². The van der Waals surface area contributed by atoms with Crippen LogP contribution in [0.1, 0.15) is 34.7 Å². The summed E-state index contributed by atoms with van der Waals surface area (Å²) < 4.78 is 1.48. The van der Waals surface area contributed by atoms with Gasteiger partial charge in [-0.2, -0.15) is 0 Å². The van der Waals surface area contributed by atoms with E-state index in [0.29, 0.717) is 23.1 Å². The molecule has 124 valence electrons. The minimum Gasteiger partial charge on any atom is -0.359 e. The zero-order chi connectivity index (χ0) is 16.9. The van der Waals surface area contributed by atoms with Crippen LogP contribution in [0.25, 0.3) is 0 Å². The number of hydrogen-bond donors (Lipinski definition) is 2. The summed E-state index contributed by atoms with van der Waals surface area (Å²) in [6, 6.07) is 13.8. The summed E-state index contributed by atoms with van der Waals surface area (Å²) in [7, 11) is 0. The monoisotopic (exact) mass is 341 g/mol. The van der Waals surface area contributed by atoms with Crippen LogP contribution in [0.15, 0.2) is 53.8 Å². The number of benzene rings is 1. The van der Waals surface area contributed by atoms with E-state index in [2.05, 4.69) is 34.2 Å². The van der Waals surface area contributed by atoms with Gasteiger partial charge < -0.3 is 10.8 Å². The molecule has 1 atom stereocenters. The van der Waals surface area contributed by atoms with E-state index in [1.54, 1.807) is 18.3 Å². The first-order valence-electron chi connectivity index (χ1n) is 7.69. The van der Waals surface area contributed by atoms with Gasteiger partial charge in [-0.15, -0.1) is 10.2 Å². The average Bonchev–Trinajstić information content (AvgIpc) is 3.25. The number of ketones is 1. The van der Waals surface area contributed by atoms with Crippen molar-refractivity contribution in [3.63, 3.8) is 0 Å². The Hall–Kier alpha value is -2.54. The number of aromatic nitrogens is 4. The largest absolute Gasteiger partial charge is 0.359 e. The van der Waals surface area contributed by atoms with Crippen LogP contribution in [-0.4, -0.2) is 31.4 Å². The summed E-state index contributed by atoms with van der Waals surface area (Å²) in [5.74, 6) is 7.36. The Morgan fingerprint density at radius 2 is 2.04 bits per heavy atom. The lowest BCUT2D eigenvalue weighted by atomic mass is 9.98. The molecule has 0 aliphatic rings. The second-order valence-electron chi connectivity index (χ2n) is 5.58. The highest BCUT2D eigenvalue weighted by atomic mass is 32.2. The van der Waals surface area contributed by atoms with Crippen LogP contribution in [0.4, 0.5) is 0 Å². The molecule has 0 spiro atoms. The minimum absolute atomic E-state index is 0.00667. The number of carbonyl (C=O) groups is 1. The van der Waals surface area contributed by atoms with Crippen LogP contribution < -0.4 is 5.84 Å². The SMILES string of the molecule is C[C@@H](Cc1nnc(SCC(=O)c2ccc[nH]2)n1N)c1ccccc1. The van der Waals surface area contributed by atoms with Crippen molar-refractivity contribution >= 4 is 17.5 Å². The van der Waals surface area contributed by atoms with Gasteiger partial charge in [0.25, 0.3) is 0 Å². The molecule has 0 amide bonds. The summed E-state index contributed by atoms with van der Waals surface area (Å²) in [5.41, 5.74) is 1.82. The number of H-pyrrole nitrogens is 1. The zero-order valence-corrected chi connectivity index (χ0v) is 14.2. The van der Waals surface area contributed by atoms with Gasteiger partial charge >= 0.3 is 0 Å². The third kappa shape index (κ3) is 3.68. The third-order valence-electron chi connectivity index (χ3n) is 3.82. The summed E-state index contributed by atoms with van der Waals surface area (Å²) in [5, 5.41) is 8.82. The Morgan fingerprint density at radius 3 is 2.75 bits per heavy atom. The molecule has 2 aromatic heterocycles. The Balaban J connectivity index is 1.62. The number of rotatable bonds is 7. The Morgan fingerprint density at radius 1 is 1.25 bits per heavy atom. The van der Waals surface area contributed by atoms with Crippen LogP contribution in [0, 0.1) is 0 Å². The molecule has 0 aliphatic carbocycles. The van der Waals surface area contributed by atoms with Gasteiger partial charge in [0.2, 0.25) is 5.16 Å². The quantitative estimate of drug-likeness (QED) is 0.392. The minimum atomic E-state index is 0.00667. The van der Waals surface area contributed by atoms with Crippen molar-refractivity contribution in [1.29, 1.82) is 0 Å². The van der Waals surface area contributed by atoms with E-state index >= 15 is 0 Å². The number of carbonyl (C=O) groups excluding carboxylic acids is 1. The van der Waals surface area contributed by atoms with Crippen LogP contribution in [0.3, 0.4) is 0 Å². The van der Waals surface area contributed by atoms with E-state index in [1.807, 2.05) is 18.2 Å². The molecule has 0 saturated heterocycles. The average molecular weight is 341 g/mol. The maximum atomic E-state index is 12.0. The number of thioether (sulfide) groups is 1. The first-order chi connectivity index (χ1) is 11.6. The van der Waals surface area contributed by atoms with Gasteiger partial charge in [0, 0.05) is 12.6 Å². The predicted molar refractivity (Wildman–Crippen MR) is 94.6 cm³/mol. The number of Topliss-reactive ketones (excluding diaryl/α,β-unsaturated/α-hetero) is 1. The van der Waals surface area contributed by atoms with Gasteiger partial charge in [0.1, 0.15) is 0 Å². The molecule has 3 N–H and O–H groups in total. The van der Waals surface area contributed by atoms with Crippen molar-refractivity contribution in [3.8, 4) is 0 Å². The maximum Gasteiger partial charge on any atom is 0.210 e. The second kappa shape index (κ2) is 7.35. The van der Waals surface area contributed by atoms with Crippen LogP contribution in [0.2, 0.25) is 0 Å². The molecule has 0 fully saturated rings. The Labute approximate surface area is 144 Å². The first-order valence-corrected chi connectivity index (χ1v) is 8.67. The number of nitrogens with one attached hydrogen (secondary N) is 1. The Bertz CT molecular complexity index is 798. The highest BCUT2D eigenvalue weighted by molar-refractivity contribution is 7.99. The van der Waals surface area contributed by atoms with E-state index in [0.717, 1.165) is 0 Å². The van der Waals surface area contributed by atoms with E-state index in [1.165, 1.54) is 22.0 Å². The Kier molecular flexibility index (Phi) is 5.00. The van der Waals surface area contributed by atoms with Crippen LogP contribution in [0.5, 0.6) is 0 Å². The van der Waals surface area contributed by atoms with E-state index < -0.39 is 0 Å². The molecule has 0 unspecified atom stereocenters. The molecular formula is C17H19N5OS. The van der Waals surface area contributed by atoms with Crippen molar-refractivity contribution in [3.05, 3.63) is 65.7 Å². The van der Waals surface area contributed by atoms with E-state index in [9.17, 15) is 4.79 Å². The summed E-state index contributed by atoms with van der Waals surface area (Å²) in [6.07, 6.45) is 2.42. The number of nitrogens with zero attached hydrogens (tertiary/aromatic N) is 3. The second-order valence-corrected chi connectivity index (χ2v) is 6.52. The summed E-state index contributed by atoms with van der Waals surface area (Å²) in [4.78, 5) is 14.9. The van der Waals surface area contributed by atoms with Crippen molar-refractivity contribution in [1.82, 2.24) is 19.9 Å². The van der Waals surface area contributed by atoms with E-state index in [-0.39, 0.29) is 17.5 Å². The van der Waals surface area contributed by atoms with Crippen molar-refractivity contribution < 1.29 is 4.79 Å². The fourth-order valence-corrected chi connectivity index (χ4v) is 3.19. The van der Waals surface area contributed by atoms with Gasteiger partial charge in [0.05, 0.1) is 11.4 Å². The number of aromatic amines is 1. The molecule has 1 aromatic carbocycles. The predicted octanol–water partition coefficient (Wildman–Crippen LogP) is 2.64. The molecule has 0 bridgehead atoms. The topological polar surface area (TPSA) is 89.6 Å². The normalized spacial score (nSPS) is 12.2. The van der Waals surface area contributed by atoms with Gasteiger partial charge in [-0.1, -0.05) is 49.0 Å². The zero-order valence-electron chi connectivity index (χ0n) is 13.3. The maximum absolute atomic E-state index is 12.0. The standard InChI is InChI=1S/C17H19N5OS/c1-12(13-6-3-2-4-7-13)10-16-20-21-17(22(16)18)24-11-15(23)14-8-5-9-19-14/h2-9,12,19H,10-11,18H2,1H3/t12-/m0/s1. The van der Waals surface area contributed by atoms with Gasteiger partial charge in [-0.25, -0.2) is 4.68 Å².